The molecule has 0 N–H and O–H groups in total. The Morgan fingerprint density at radius 2 is 2.18 bits per heavy atom. The minimum Gasteiger partial charge on any atom is -0.494 e. The molecule has 17 heavy (non-hydrogen) atoms. The SMILES string of the molecule is O=CCCCOc1ccc2c(c1)CC(=O)C=C2. The standard InChI is InChI=1S/C14H14O3/c15-7-1-2-8-17-14-6-4-11-3-5-13(16)9-12(11)10-14/h3-7,10H,1-2,8-9H2. The van der Waals surface area contributed by atoms with Crippen molar-refractivity contribution in [2.75, 3.05) is 6.61 Å². The maximum absolute atomic E-state index is 11.3. The molecule has 0 saturated heterocycles. The van der Waals surface area contributed by atoms with Gasteiger partial charge in [0.1, 0.15) is 12.0 Å². The van der Waals surface area contributed by atoms with Gasteiger partial charge in [0, 0.05) is 12.8 Å². The van der Waals surface area contributed by atoms with Gasteiger partial charge in [-0.1, -0.05) is 12.1 Å². The highest BCUT2D eigenvalue weighted by Gasteiger charge is 2.10. The molecule has 2 rings (SSSR count). The van der Waals surface area contributed by atoms with Crippen LogP contribution in [0.5, 0.6) is 5.75 Å². The lowest BCUT2D eigenvalue weighted by Crippen LogP contribution is -2.06. The van der Waals surface area contributed by atoms with Gasteiger partial charge >= 0.3 is 0 Å². The molecule has 0 amide bonds. The molecular formula is C14H14O3. The lowest BCUT2D eigenvalue weighted by molar-refractivity contribution is -0.114. The summed E-state index contributed by atoms with van der Waals surface area (Å²) in [5, 5.41) is 0. The predicted molar refractivity (Wildman–Crippen MR) is 65.0 cm³/mol. The van der Waals surface area contributed by atoms with Crippen molar-refractivity contribution in [2.24, 2.45) is 0 Å². The Morgan fingerprint density at radius 1 is 1.29 bits per heavy atom. The number of carbonyl (C=O) groups is 2. The maximum Gasteiger partial charge on any atom is 0.160 e. The van der Waals surface area contributed by atoms with E-state index in [1.165, 1.54) is 0 Å². The van der Waals surface area contributed by atoms with Gasteiger partial charge in [0.05, 0.1) is 6.61 Å². The Hall–Kier alpha value is -1.90. The van der Waals surface area contributed by atoms with Crippen molar-refractivity contribution in [1.82, 2.24) is 0 Å². The van der Waals surface area contributed by atoms with Gasteiger partial charge < -0.3 is 9.53 Å². The van der Waals surface area contributed by atoms with E-state index in [2.05, 4.69) is 0 Å². The first-order valence-electron chi connectivity index (χ1n) is 5.70. The highest BCUT2D eigenvalue weighted by Crippen LogP contribution is 2.23. The number of hydrogen-bond acceptors (Lipinski definition) is 3. The number of unbranched alkanes of at least 4 members (excludes halogenated alkanes) is 1. The smallest absolute Gasteiger partial charge is 0.160 e. The summed E-state index contributed by atoms with van der Waals surface area (Å²) < 4.78 is 5.52. The number of hydrogen-bond donors (Lipinski definition) is 0. The lowest BCUT2D eigenvalue weighted by atomic mass is 9.96. The molecule has 0 aliphatic heterocycles. The second kappa shape index (κ2) is 5.43. The molecule has 88 valence electrons. The van der Waals surface area contributed by atoms with E-state index in [0.717, 1.165) is 29.6 Å². The van der Waals surface area contributed by atoms with Crippen molar-refractivity contribution in [1.29, 1.82) is 0 Å². The summed E-state index contributed by atoms with van der Waals surface area (Å²) in [5.41, 5.74) is 2.08. The van der Waals surface area contributed by atoms with Gasteiger partial charge in [-0.25, -0.2) is 0 Å². The second-order valence-corrected chi connectivity index (χ2v) is 3.99. The van der Waals surface area contributed by atoms with Crippen molar-refractivity contribution < 1.29 is 14.3 Å². The number of ether oxygens (including phenoxy) is 1. The second-order valence-electron chi connectivity index (χ2n) is 3.99. The molecule has 0 fully saturated rings. The van der Waals surface area contributed by atoms with E-state index in [1.807, 2.05) is 24.3 Å². The third-order valence-corrected chi connectivity index (χ3v) is 2.66. The number of ketones is 1. The van der Waals surface area contributed by atoms with Crippen LogP contribution in [0.4, 0.5) is 0 Å². The summed E-state index contributed by atoms with van der Waals surface area (Å²) in [6.07, 6.45) is 6.01. The number of carbonyl (C=O) groups excluding carboxylic acids is 2. The van der Waals surface area contributed by atoms with Crippen LogP contribution in [0.25, 0.3) is 6.08 Å². The van der Waals surface area contributed by atoms with E-state index in [0.29, 0.717) is 19.4 Å². The van der Waals surface area contributed by atoms with Gasteiger partial charge in [0.2, 0.25) is 0 Å². The summed E-state index contributed by atoms with van der Waals surface area (Å²) >= 11 is 0. The van der Waals surface area contributed by atoms with E-state index in [-0.39, 0.29) is 5.78 Å². The molecule has 1 aliphatic carbocycles. The Labute approximate surface area is 100 Å². The summed E-state index contributed by atoms with van der Waals surface area (Å²) in [7, 11) is 0. The van der Waals surface area contributed by atoms with Crippen LogP contribution in [-0.2, 0) is 16.0 Å². The van der Waals surface area contributed by atoms with Crippen LogP contribution in [0.3, 0.4) is 0 Å². The van der Waals surface area contributed by atoms with Gasteiger partial charge in [0.15, 0.2) is 5.78 Å². The topological polar surface area (TPSA) is 43.4 Å². The zero-order valence-corrected chi connectivity index (χ0v) is 9.52. The molecule has 3 heteroatoms. The first-order chi connectivity index (χ1) is 8.29. The average molecular weight is 230 g/mol. The summed E-state index contributed by atoms with van der Waals surface area (Å²) in [4.78, 5) is 21.4. The lowest BCUT2D eigenvalue weighted by Gasteiger charge is -2.12. The average Bonchev–Trinajstić information content (AvgIpc) is 2.34. The van der Waals surface area contributed by atoms with Crippen molar-refractivity contribution >= 4 is 18.1 Å². The molecule has 0 spiro atoms. The van der Waals surface area contributed by atoms with E-state index >= 15 is 0 Å². The molecule has 0 aromatic heterocycles. The number of rotatable bonds is 5. The van der Waals surface area contributed by atoms with Crippen LogP contribution in [0.1, 0.15) is 24.0 Å². The van der Waals surface area contributed by atoms with Crippen LogP contribution < -0.4 is 4.74 Å². The molecular weight excluding hydrogens is 216 g/mol. The maximum atomic E-state index is 11.3. The van der Waals surface area contributed by atoms with Gasteiger partial charge in [-0.3, -0.25) is 4.79 Å². The fourth-order valence-electron chi connectivity index (χ4n) is 1.77. The predicted octanol–water partition coefficient (Wildman–Crippen LogP) is 2.18. The Kier molecular flexibility index (Phi) is 3.70. The zero-order valence-electron chi connectivity index (χ0n) is 9.52. The molecule has 0 saturated carbocycles. The van der Waals surface area contributed by atoms with Crippen LogP contribution in [0.15, 0.2) is 24.3 Å². The van der Waals surface area contributed by atoms with Crippen molar-refractivity contribution in [3.05, 3.63) is 35.4 Å². The number of allylic oxidation sites excluding steroid dienone is 1. The molecule has 0 bridgehead atoms. The fourth-order valence-corrected chi connectivity index (χ4v) is 1.77. The molecule has 1 aromatic rings. The van der Waals surface area contributed by atoms with Gasteiger partial charge in [-0.15, -0.1) is 0 Å². The zero-order chi connectivity index (χ0) is 12.1. The van der Waals surface area contributed by atoms with Gasteiger partial charge in [0.25, 0.3) is 0 Å². The number of aldehydes is 1. The third-order valence-electron chi connectivity index (χ3n) is 2.66. The van der Waals surface area contributed by atoms with E-state index in [4.69, 9.17) is 4.74 Å². The van der Waals surface area contributed by atoms with E-state index in [1.54, 1.807) is 6.08 Å². The Balaban J connectivity index is 2.01. The molecule has 1 aromatic carbocycles. The molecule has 3 nitrogen and oxygen atoms in total. The van der Waals surface area contributed by atoms with Crippen molar-refractivity contribution in [3.8, 4) is 5.75 Å². The molecule has 0 radical (unpaired) electrons. The van der Waals surface area contributed by atoms with E-state index < -0.39 is 0 Å². The summed E-state index contributed by atoms with van der Waals surface area (Å²) in [5.74, 6) is 0.883. The monoisotopic (exact) mass is 230 g/mol. The minimum absolute atomic E-state index is 0.121. The highest BCUT2D eigenvalue weighted by atomic mass is 16.5. The van der Waals surface area contributed by atoms with Crippen LogP contribution in [0.2, 0.25) is 0 Å². The normalized spacial score (nSPS) is 13.3. The third kappa shape index (κ3) is 3.03. The quantitative estimate of drug-likeness (QED) is 0.575. The first-order valence-corrected chi connectivity index (χ1v) is 5.70. The van der Waals surface area contributed by atoms with Gasteiger partial charge in [-0.2, -0.15) is 0 Å². The molecule has 0 unspecified atom stereocenters. The van der Waals surface area contributed by atoms with Crippen LogP contribution in [0, 0.1) is 0 Å². The molecule has 0 heterocycles. The first kappa shape index (κ1) is 11.6. The Bertz CT molecular complexity index is 461. The molecule has 0 atom stereocenters. The van der Waals surface area contributed by atoms with Crippen LogP contribution in [-0.4, -0.2) is 18.7 Å². The summed E-state index contributed by atoms with van der Waals surface area (Å²) in [6, 6.07) is 5.74. The van der Waals surface area contributed by atoms with Crippen molar-refractivity contribution in [2.45, 2.75) is 19.3 Å². The summed E-state index contributed by atoms with van der Waals surface area (Å²) in [6.45, 7) is 0.529. The van der Waals surface area contributed by atoms with Crippen molar-refractivity contribution in [3.63, 3.8) is 0 Å². The Morgan fingerprint density at radius 3 is 3.00 bits per heavy atom. The number of fused-ring (bicyclic) bond motifs is 1. The highest BCUT2D eigenvalue weighted by molar-refractivity contribution is 5.98. The minimum atomic E-state index is 0.121. The largest absolute Gasteiger partial charge is 0.494 e. The fraction of sp³-hybridized carbons (Fsp3) is 0.286. The van der Waals surface area contributed by atoms with E-state index in [9.17, 15) is 9.59 Å². The molecule has 1 aliphatic rings. The van der Waals surface area contributed by atoms with Gasteiger partial charge in [-0.05, 0) is 35.8 Å². The number of benzene rings is 1. The van der Waals surface area contributed by atoms with Crippen LogP contribution >= 0.6 is 0 Å².